The van der Waals surface area contributed by atoms with E-state index in [4.69, 9.17) is 12.3 Å². The SMILES string of the molecule is [2H]C([2H])(C(C)C(=O)OCC)C1([2H])C([2H])([2H])C([2H])([2H])C1([2H])[2H]. The third kappa shape index (κ3) is 2.50. The predicted octanol–water partition coefficient (Wildman–Crippen LogP) is 2.38. The van der Waals surface area contributed by atoms with Gasteiger partial charge < -0.3 is 4.74 Å². The molecule has 12 heavy (non-hydrogen) atoms. The molecular weight excluding hydrogens is 152 g/mol. The van der Waals surface area contributed by atoms with Crippen LogP contribution in [0.4, 0.5) is 0 Å². The molecule has 0 aromatic carbocycles. The van der Waals surface area contributed by atoms with Gasteiger partial charge in [-0.1, -0.05) is 26.0 Å². The van der Waals surface area contributed by atoms with E-state index in [1.54, 1.807) is 0 Å². The van der Waals surface area contributed by atoms with E-state index in [9.17, 15) is 4.79 Å². The van der Waals surface area contributed by atoms with Crippen LogP contribution in [0, 0.1) is 11.8 Å². The minimum atomic E-state index is -3.10. The topological polar surface area (TPSA) is 26.3 Å². The minimum Gasteiger partial charge on any atom is -0.466 e. The largest absolute Gasteiger partial charge is 0.466 e. The van der Waals surface area contributed by atoms with Gasteiger partial charge in [0.2, 0.25) is 0 Å². The summed E-state index contributed by atoms with van der Waals surface area (Å²) in [5.41, 5.74) is 0. The van der Waals surface area contributed by atoms with Crippen molar-refractivity contribution in [1.29, 1.82) is 0 Å². The molecule has 1 aliphatic carbocycles. The molecule has 1 aliphatic rings. The van der Waals surface area contributed by atoms with E-state index in [2.05, 4.69) is 4.74 Å². The normalized spacial score (nSPS) is 47.3. The summed E-state index contributed by atoms with van der Waals surface area (Å²) in [6.45, 7) is 2.54. The van der Waals surface area contributed by atoms with Gasteiger partial charge in [0.1, 0.15) is 0 Å². The van der Waals surface area contributed by atoms with Crippen molar-refractivity contribution >= 4 is 5.97 Å². The first-order valence-corrected chi connectivity index (χ1v) is 3.81. The van der Waals surface area contributed by atoms with Gasteiger partial charge in [0, 0.05) is 12.3 Å². The Kier molecular flexibility index (Phi) is 1.12. The first-order valence-electron chi connectivity index (χ1n) is 8.31. The van der Waals surface area contributed by atoms with Crippen molar-refractivity contribution < 1.29 is 21.9 Å². The number of carbonyl (C=O) groups excluding carboxylic acids is 1. The molecule has 0 N–H and O–H groups in total. The lowest BCUT2D eigenvalue weighted by Crippen LogP contribution is -2.21. The second-order valence-electron chi connectivity index (χ2n) is 2.37. The highest BCUT2D eigenvalue weighted by molar-refractivity contribution is 5.71. The molecule has 0 heterocycles. The van der Waals surface area contributed by atoms with E-state index in [-0.39, 0.29) is 6.61 Å². The van der Waals surface area contributed by atoms with Crippen LogP contribution in [-0.4, -0.2) is 12.6 Å². The Hall–Kier alpha value is -0.530. The standard InChI is InChI=1S/C10H18O2/c1-3-12-10(11)8(2)7-9-5-4-6-9/h8-9H,3-7H2,1-2H3/i4D2,5D2,6D2,7D2,9D. The Morgan fingerprint density at radius 1 is 1.92 bits per heavy atom. The molecule has 1 fully saturated rings. The maximum Gasteiger partial charge on any atom is 0.308 e. The molecule has 0 spiro atoms. The Bertz CT molecular complexity index is 428. The van der Waals surface area contributed by atoms with Gasteiger partial charge in [0.05, 0.1) is 12.5 Å². The molecule has 1 atom stereocenters. The summed E-state index contributed by atoms with van der Waals surface area (Å²) in [5.74, 6) is -5.72. The number of hydrogen-bond acceptors (Lipinski definition) is 2. The van der Waals surface area contributed by atoms with Gasteiger partial charge in [-0.2, -0.15) is 0 Å². The van der Waals surface area contributed by atoms with Crippen LogP contribution >= 0.6 is 0 Å². The van der Waals surface area contributed by atoms with Gasteiger partial charge >= 0.3 is 5.97 Å². The molecule has 0 bridgehead atoms. The van der Waals surface area contributed by atoms with Crippen LogP contribution in [0.3, 0.4) is 0 Å². The number of ether oxygens (including phenoxy) is 1. The summed E-state index contributed by atoms with van der Waals surface area (Å²) in [4.78, 5) is 11.7. The van der Waals surface area contributed by atoms with Crippen LogP contribution in [0.1, 0.15) is 51.7 Å². The third-order valence-corrected chi connectivity index (χ3v) is 1.38. The van der Waals surface area contributed by atoms with E-state index in [0.717, 1.165) is 6.92 Å². The summed E-state index contributed by atoms with van der Waals surface area (Å²) in [5, 5.41) is 0. The predicted molar refractivity (Wildman–Crippen MR) is 47.8 cm³/mol. The molecule has 0 aromatic heterocycles. The highest BCUT2D eigenvalue weighted by atomic mass is 16.5. The van der Waals surface area contributed by atoms with Crippen LogP contribution in [0.15, 0.2) is 0 Å². The Balaban J connectivity index is 3.33. The van der Waals surface area contributed by atoms with Gasteiger partial charge in [-0.15, -0.1) is 0 Å². The van der Waals surface area contributed by atoms with E-state index < -0.39 is 43.3 Å². The van der Waals surface area contributed by atoms with Crippen molar-refractivity contribution in [2.24, 2.45) is 11.8 Å². The van der Waals surface area contributed by atoms with Crippen molar-refractivity contribution in [3.05, 3.63) is 0 Å². The fourth-order valence-corrected chi connectivity index (χ4v) is 0.740. The van der Waals surface area contributed by atoms with Crippen LogP contribution in [0.2, 0.25) is 0 Å². The van der Waals surface area contributed by atoms with Crippen LogP contribution < -0.4 is 0 Å². The van der Waals surface area contributed by atoms with E-state index in [0.29, 0.717) is 0 Å². The molecule has 0 aromatic rings. The molecule has 0 radical (unpaired) electrons. The maximum absolute atomic E-state index is 11.7. The number of hydrogen-bond donors (Lipinski definition) is 0. The molecule has 2 heteroatoms. The van der Waals surface area contributed by atoms with Crippen molar-refractivity contribution in [2.45, 2.75) is 39.3 Å². The first-order chi connectivity index (χ1) is 9.14. The Morgan fingerprint density at radius 2 is 2.58 bits per heavy atom. The molecule has 0 aliphatic heterocycles. The number of esters is 1. The van der Waals surface area contributed by atoms with Gasteiger partial charge in [-0.3, -0.25) is 4.79 Å². The summed E-state index contributed by atoms with van der Waals surface area (Å²) >= 11 is 0. The van der Waals surface area contributed by atoms with Crippen molar-refractivity contribution in [1.82, 2.24) is 0 Å². The summed E-state index contributed by atoms with van der Waals surface area (Å²) < 4.78 is 74.0. The van der Waals surface area contributed by atoms with E-state index >= 15 is 0 Å². The van der Waals surface area contributed by atoms with Crippen molar-refractivity contribution in [3.8, 4) is 0 Å². The van der Waals surface area contributed by atoms with Crippen LogP contribution in [-0.2, 0) is 9.53 Å². The quantitative estimate of drug-likeness (QED) is 0.619. The van der Waals surface area contributed by atoms with Crippen LogP contribution in [0.5, 0.6) is 0 Å². The fourth-order valence-electron chi connectivity index (χ4n) is 0.740. The average Bonchev–Trinajstić information content (AvgIpc) is 2.35. The molecule has 70 valence electrons. The zero-order chi connectivity index (χ0) is 17.1. The number of rotatable bonds is 4. The fraction of sp³-hybridized carbons (Fsp3) is 0.900. The maximum atomic E-state index is 11.7. The van der Waals surface area contributed by atoms with Gasteiger partial charge in [0.15, 0.2) is 0 Å². The van der Waals surface area contributed by atoms with E-state index in [1.165, 1.54) is 6.92 Å². The van der Waals surface area contributed by atoms with Gasteiger partial charge in [-0.25, -0.2) is 0 Å². The zero-order valence-corrected chi connectivity index (χ0v) is 7.10. The lowest BCUT2D eigenvalue weighted by Gasteiger charge is -2.27. The average molecular weight is 179 g/mol. The van der Waals surface area contributed by atoms with Gasteiger partial charge in [-0.05, 0) is 19.2 Å². The van der Waals surface area contributed by atoms with Gasteiger partial charge in [0.25, 0.3) is 0 Å². The first kappa shape index (κ1) is 3.00. The lowest BCUT2D eigenvalue weighted by atomic mass is 9.79. The van der Waals surface area contributed by atoms with E-state index in [1.807, 2.05) is 0 Å². The zero-order valence-electron chi connectivity index (χ0n) is 16.1. The smallest absolute Gasteiger partial charge is 0.308 e. The third-order valence-electron chi connectivity index (χ3n) is 1.38. The molecular formula is C10H18O2. The molecule has 0 saturated heterocycles. The highest BCUT2D eigenvalue weighted by Gasteiger charge is 2.23. The molecule has 1 unspecified atom stereocenters. The lowest BCUT2D eigenvalue weighted by molar-refractivity contribution is -0.148. The highest BCUT2D eigenvalue weighted by Crippen LogP contribution is 2.32. The summed E-state index contributed by atoms with van der Waals surface area (Å²) in [6, 6.07) is 0. The molecule has 0 amide bonds. The van der Waals surface area contributed by atoms with Crippen LogP contribution in [0.25, 0.3) is 0 Å². The molecule has 1 saturated carbocycles. The van der Waals surface area contributed by atoms with Crippen molar-refractivity contribution in [2.75, 3.05) is 6.61 Å². The Morgan fingerprint density at radius 3 is 3.17 bits per heavy atom. The molecule has 1 rings (SSSR count). The summed E-state index contributed by atoms with van der Waals surface area (Å²) in [6.07, 6.45) is -12.2. The van der Waals surface area contributed by atoms with Crippen molar-refractivity contribution in [3.63, 3.8) is 0 Å². The minimum absolute atomic E-state index is 0.0368. The molecule has 2 nitrogen and oxygen atoms in total. The second-order valence-corrected chi connectivity index (χ2v) is 2.37. The second kappa shape index (κ2) is 4.48. The Labute approximate surface area is 86.9 Å². The monoisotopic (exact) mass is 179 g/mol. The summed E-state index contributed by atoms with van der Waals surface area (Å²) in [7, 11) is 0. The number of carbonyl (C=O) groups is 1.